The molecule has 1 amide bonds. The van der Waals surface area contributed by atoms with Gasteiger partial charge < -0.3 is 24.8 Å². The van der Waals surface area contributed by atoms with E-state index in [-0.39, 0.29) is 11.9 Å². The predicted octanol–water partition coefficient (Wildman–Crippen LogP) is 4.48. The molecule has 1 saturated carbocycles. The van der Waals surface area contributed by atoms with Crippen LogP contribution in [0.1, 0.15) is 31.2 Å². The summed E-state index contributed by atoms with van der Waals surface area (Å²) < 4.78 is 5.74. The molecule has 1 aliphatic carbocycles. The SMILES string of the molecule is COc1cc(N2CCN(C)CC2)ccc1Nc1ncc2c(n1)-c1ccccc1N(C1CCCC1)C(=O)C2. The van der Waals surface area contributed by atoms with E-state index in [0.717, 1.165) is 78.7 Å². The summed E-state index contributed by atoms with van der Waals surface area (Å²) in [6, 6.07) is 14.6. The highest BCUT2D eigenvalue weighted by Crippen LogP contribution is 2.40. The molecule has 1 saturated heterocycles. The number of carbonyl (C=O) groups excluding carboxylic acids is 1. The Morgan fingerprint density at radius 3 is 2.59 bits per heavy atom. The maximum absolute atomic E-state index is 13.4. The Kier molecular flexibility index (Phi) is 6.42. The van der Waals surface area contributed by atoms with E-state index in [1.54, 1.807) is 13.3 Å². The zero-order chi connectivity index (χ0) is 25.4. The lowest BCUT2D eigenvalue weighted by Gasteiger charge is -2.34. The first kappa shape index (κ1) is 23.7. The molecular formula is C29H34N6O2. The van der Waals surface area contributed by atoms with Crippen LogP contribution >= 0.6 is 0 Å². The van der Waals surface area contributed by atoms with E-state index in [1.165, 1.54) is 12.8 Å². The van der Waals surface area contributed by atoms with Crippen LogP contribution in [0.3, 0.4) is 0 Å². The van der Waals surface area contributed by atoms with Crippen molar-refractivity contribution in [2.45, 2.75) is 38.1 Å². The molecule has 2 aromatic carbocycles. The number of carbonyl (C=O) groups is 1. The van der Waals surface area contributed by atoms with Crippen molar-refractivity contribution in [2.24, 2.45) is 0 Å². The number of rotatable bonds is 5. The number of fused-ring (bicyclic) bond motifs is 3. The lowest BCUT2D eigenvalue weighted by molar-refractivity contribution is -0.118. The second kappa shape index (κ2) is 10.0. The molecule has 3 aromatic rings. The van der Waals surface area contributed by atoms with Crippen LogP contribution in [-0.4, -0.2) is 67.2 Å². The van der Waals surface area contributed by atoms with Gasteiger partial charge in [0.2, 0.25) is 11.9 Å². The van der Waals surface area contributed by atoms with Crippen molar-refractivity contribution in [1.82, 2.24) is 14.9 Å². The fraction of sp³-hybridized carbons (Fsp3) is 0.414. The normalized spacial score (nSPS) is 18.4. The van der Waals surface area contributed by atoms with Gasteiger partial charge in [-0.1, -0.05) is 31.0 Å². The van der Waals surface area contributed by atoms with Crippen LogP contribution in [-0.2, 0) is 11.2 Å². The number of hydrogen-bond acceptors (Lipinski definition) is 7. The molecule has 2 fully saturated rings. The maximum atomic E-state index is 13.4. The van der Waals surface area contributed by atoms with Gasteiger partial charge in [-0.3, -0.25) is 4.79 Å². The molecule has 0 unspecified atom stereocenters. The molecule has 8 heteroatoms. The molecule has 37 heavy (non-hydrogen) atoms. The number of benzene rings is 2. The van der Waals surface area contributed by atoms with E-state index in [2.05, 4.69) is 51.4 Å². The minimum Gasteiger partial charge on any atom is -0.494 e. The van der Waals surface area contributed by atoms with Gasteiger partial charge in [-0.25, -0.2) is 9.97 Å². The molecule has 3 heterocycles. The topological polar surface area (TPSA) is 73.8 Å². The van der Waals surface area contributed by atoms with Gasteiger partial charge >= 0.3 is 0 Å². The van der Waals surface area contributed by atoms with Crippen molar-refractivity contribution >= 4 is 28.9 Å². The number of likely N-dealkylation sites (N-methyl/N-ethyl adjacent to an activating group) is 1. The molecule has 0 bridgehead atoms. The van der Waals surface area contributed by atoms with Gasteiger partial charge in [0.05, 0.1) is 30.6 Å². The fourth-order valence-electron chi connectivity index (χ4n) is 5.82. The van der Waals surface area contributed by atoms with Crippen LogP contribution in [0.5, 0.6) is 5.75 Å². The van der Waals surface area contributed by atoms with Crippen molar-refractivity contribution < 1.29 is 9.53 Å². The number of hydrogen-bond donors (Lipinski definition) is 1. The van der Waals surface area contributed by atoms with Gasteiger partial charge in [0.1, 0.15) is 5.75 Å². The second-order valence-electron chi connectivity index (χ2n) is 10.3. The number of para-hydroxylation sites is 1. The predicted molar refractivity (Wildman–Crippen MR) is 147 cm³/mol. The largest absolute Gasteiger partial charge is 0.494 e. The summed E-state index contributed by atoms with van der Waals surface area (Å²) in [5.74, 6) is 1.36. The number of nitrogens with one attached hydrogen (secondary N) is 1. The molecule has 8 nitrogen and oxygen atoms in total. The molecule has 3 aliphatic rings. The summed E-state index contributed by atoms with van der Waals surface area (Å²) in [5, 5.41) is 3.37. The molecule has 0 spiro atoms. The summed E-state index contributed by atoms with van der Waals surface area (Å²) in [6.07, 6.45) is 6.56. The van der Waals surface area contributed by atoms with Gasteiger partial charge in [0.15, 0.2) is 0 Å². The van der Waals surface area contributed by atoms with Crippen LogP contribution in [0.15, 0.2) is 48.7 Å². The first-order chi connectivity index (χ1) is 18.1. The van der Waals surface area contributed by atoms with Gasteiger partial charge in [-0.05, 0) is 38.1 Å². The number of nitrogens with zero attached hydrogens (tertiary/aromatic N) is 5. The van der Waals surface area contributed by atoms with E-state index in [0.29, 0.717) is 12.4 Å². The average molecular weight is 499 g/mol. The molecule has 1 N–H and O–H groups in total. The number of piperazine rings is 1. The molecule has 0 radical (unpaired) electrons. The molecule has 0 atom stereocenters. The van der Waals surface area contributed by atoms with Crippen LogP contribution in [0.2, 0.25) is 0 Å². The maximum Gasteiger partial charge on any atom is 0.231 e. The Morgan fingerprint density at radius 2 is 1.81 bits per heavy atom. The van der Waals surface area contributed by atoms with Crippen molar-refractivity contribution in [2.75, 3.05) is 55.5 Å². The Labute approximate surface area is 218 Å². The Balaban J connectivity index is 1.31. The molecule has 2 aliphatic heterocycles. The lowest BCUT2D eigenvalue weighted by Crippen LogP contribution is -2.44. The summed E-state index contributed by atoms with van der Waals surface area (Å²) in [7, 11) is 3.84. The van der Waals surface area contributed by atoms with Crippen LogP contribution in [0.4, 0.5) is 23.0 Å². The van der Waals surface area contributed by atoms with Crippen molar-refractivity contribution in [3.05, 3.63) is 54.2 Å². The number of aromatic nitrogens is 2. The van der Waals surface area contributed by atoms with Gasteiger partial charge in [-0.15, -0.1) is 0 Å². The third-order valence-electron chi connectivity index (χ3n) is 7.88. The number of ether oxygens (including phenoxy) is 1. The van der Waals surface area contributed by atoms with E-state index in [9.17, 15) is 4.79 Å². The minimum absolute atomic E-state index is 0.128. The van der Waals surface area contributed by atoms with Crippen LogP contribution in [0.25, 0.3) is 11.3 Å². The summed E-state index contributed by atoms with van der Waals surface area (Å²) in [5.41, 5.74) is 5.58. The van der Waals surface area contributed by atoms with Gasteiger partial charge in [0, 0.05) is 61.3 Å². The third kappa shape index (κ3) is 4.62. The Hall–Kier alpha value is -3.65. The minimum atomic E-state index is 0.128. The van der Waals surface area contributed by atoms with Crippen LogP contribution < -0.4 is 19.9 Å². The van der Waals surface area contributed by atoms with Gasteiger partial charge in [-0.2, -0.15) is 0 Å². The zero-order valence-electron chi connectivity index (χ0n) is 21.6. The fourth-order valence-corrected chi connectivity index (χ4v) is 5.82. The first-order valence-corrected chi connectivity index (χ1v) is 13.3. The highest BCUT2D eigenvalue weighted by molar-refractivity contribution is 6.02. The molecule has 1 aromatic heterocycles. The first-order valence-electron chi connectivity index (χ1n) is 13.3. The lowest BCUT2D eigenvalue weighted by atomic mass is 10.0. The average Bonchev–Trinajstić information content (AvgIpc) is 3.41. The number of anilines is 4. The van der Waals surface area contributed by atoms with Crippen LogP contribution in [0, 0.1) is 0 Å². The van der Waals surface area contributed by atoms with Crippen molar-refractivity contribution in [1.29, 1.82) is 0 Å². The smallest absolute Gasteiger partial charge is 0.231 e. The van der Waals surface area contributed by atoms with Gasteiger partial charge in [0.25, 0.3) is 0 Å². The van der Waals surface area contributed by atoms with Crippen molar-refractivity contribution in [3.8, 4) is 17.0 Å². The quantitative estimate of drug-likeness (QED) is 0.556. The second-order valence-corrected chi connectivity index (χ2v) is 10.3. The summed E-state index contributed by atoms with van der Waals surface area (Å²) in [4.78, 5) is 29.7. The van der Waals surface area contributed by atoms with E-state index in [1.807, 2.05) is 23.1 Å². The van der Waals surface area contributed by atoms with E-state index in [4.69, 9.17) is 9.72 Å². The molecule has 6 rings (SSSR count). The highest BCUT2D eigenvalue weighted by Gasteiger charge is 2.33. The Bertz CT molecular complexity index is 1300. The number of methoxy groups -OCH3 is 1. The standard InChI is InChI=1S/C29H34N6O2/c1-33-13-15-34(16-14-33)22-11-12-24(26(18-22)37-2)31-29-30-19-20-17-27(36)35(21-7-3-4-8-21)25-10-6-5-9-23(25)28(20)32-29/h5-6,9-12,18-19,21H,3-4,7-8,13-17H2,1-2H3,(H,30,31,32). The summed E-state index contributed by atoms with van der Waals surface area (Å²) >= 11 is 0. The highest BCUT2D eigenvalue weighted by atomic mass is 16.5. The Morgan fingerprint density at radius 1 is 1.03 bits per heavy atom. The third-order valence-corrected chi connectivity index (χ3v) is 7.88. The van der Waals surface area contributed by atoms with E-state index >= 15 is 0 Å². The van der Waals surface area contributed by atoms with E-state index < -0.39 is 0 Å². The number of amides is 1. The zero-order valence-corrected chi connectivity index (χ0v) is 21.6. The monoisotopic (exact) mass is 498 g/mol. The summed E-state index contributed by atoms with van der Waals surface area (Å²) in [6.45, 7) is 4.09. The molecular weight excluding hydrogens is 464 g/mol. The molecule has 192 valence electrons. The van der Waals surface area contributed by atoms with Crippen molar-refractivity contribution in [3.63, 3.8) is 0 Å².